The van der Waals surface area contributed by atoms with E-state index >= 15 is 0 Å². The average Bonchev–Trinajstić information content (AvgIpc) is 2.50. The van der Waals surface area contributed by atoms with Crippen LogP contribution in [0.25, 0.3) is 11.2 Å². The molecule has 5 nitrogen and oxygen atoms in total. The Bertz CT molecular complexity index is 405. The fourth-order valence-corrected chi connectivity index (χ4v) is 0.960. The molecule has 12 heavy (non-hydrogen) atoms. The van der Waals surface area contributed by atoms with E-state index in [1.807, 2.05) is 0 Å². The van der Waals surface area contributed by atoms with Crippen molar-refractivity contribution in [2.24, 2.45) is 0 Å². The summed E-state index contributed by atoms with van der Waals surface area (Å²) in [5.41, 5.74) is 4.36. The molecule has 0 fully saturated rings. The summed E-state index contributed by atoms with van der Waals surface area (Å²) in [4.78, 5) is 11.9. The molecule has 2 heterocycles. The number of nitrogens with one attached hydrogen (secondary N) is 1. The monoisotopic (exact) mass is 161 g/mol. The van der Waals surface area contributed by atoms with E-state index in [0.29, 0.717) is 0 Å². The fourth-order valence-electron chi connectivity index (χ4n) is 0.960. The summed E-state index contributed by atoms with van der Waals surface area (Å²) < 4.78 is 1.67. The second kappa shape index (κ2) is 2.61. The van der Waals surface area contributed by atoms with Gasteiger partial charge in [0.2, 0.25) is 0 Å². The highest BCUT2D eigenvalue weighted by Crippen LogP contribution is 2.04. The predicted octanol–water partition coefficient (Wildman–Crippen LogP) is 0.513. The zero-order valence-corrected chi connectivity index (χ0v) is 6.31. The van der Waals surface area contributed by atoms with Crippen LogP contribution in [0.3, 0.4) is 0 Å². The van der Waals surface area contributed by atoms with Crippen LogP contribution in [0.5, 0.6) is 0 Å². The van der Waals surface area contributed by atoms with E-state index in [9.17, 15) is 0 Å². The summed E-state index contributed by atoms with van der Waals surface area (Å²) in [6.45, 7) is 3.54. The molecule has 0 radical (unpaired) electrons. The number of aromatic nitrogens is 4. The maximum Gasteiger partial charge on any atom is 0.182 e. The Morgan fingerprint density at radius 3 is 3.25 bits per heavy atom. The predicted molar refractivity (Wildman–Crippen MR) is 44.9 cm³/mol. The Balaban J connectivity index is 2.62. The van der Waals surface area contributed by atoms with Crippen molar-refractivity contribution in [1.82, 2.24) is 19.6 Å². The highest BCUT2D eigenvalue weighted by Gasteiger charge is 1.99. The highest BCUT2D eigenvalue weighted by molar-refractivity contribution is 5.69. The van der Waals surface area contributed by atoms with Crippen molar-refractivity contribution >= 4 is 11.2 Å². The molecule has 60 valence electrons. The molecule has 2 aromatic rings. The fraction of sp³-hybridized carbons (Fsp3) is 0. The third-order valence-corrected chi connectivity index (χ3v) is 1.44. The maximum atomic E-state index is 4.06. The molecule has 0 saturated heterocycles. The number of fused-ring (bicyclic) bond motifs is 1. The molecule has 0 unspecified atom stereocenters. The molecule has 1 N–H and O–H groups in total. The summed E-state index contributed by atoms with van der Waals surface area (Å²) in [6.07, 6.45) is 6.32. The largest absolute Gasteiger partial charge is 0.299 e. The topological polar surface area (TPSA) is 55.6 Å². The van der Waals surface area contributed by atoms with E-state index < -0.39 is 0 Å². The Hall–Kier alpha value is -1.91. The highest BCUT2D eigenvalue weighted by atomic mass is 15.4. The molecule has 0 amide bonds. The Kier molecular flexibility index (Phi) is 1.48. The van der Waals surface area contributed by atoms with Gasteiger partial charge in [-0.25, -0.2) is 19.6 Å². The van der Waals surface area contributed by atoms with Gasteiger partial charge in [0.05, 0.1) is 6.20 Å². The van der Waals surface area contributed by atoms with Crippen LogP contribution >= 0.6 is 0 Å². The molecule has 0 bridgehead atoms. The summed E-state index contributed by atoms with van der Waals surface area (Å²) in [7, 11) is 0. The number of hydrogen-bond donors (Lipinski definition) is 1. The normalized spacial score (nSPS) is 10.0. The maximum absolute atomic E-state index is 4.06. The van der Waals surface area contributed by atoms with E-state index in [2.05, 4.69) is 27.0 Å². The summed E-state index contributed by atoms with van der Waals surface area (Å²) in [6, 6.07) is 0. The number of hydrogen-bond acceptors (Lipinski definition) is 4. The first kappa shape index (κ1) is 6.78. The second-order valence-electron chi connectivity index (χ2n) is 2.18. The average molecular weight is 161 g/mol. The van der Waals surface area contributed by atoms with Gasteiger partial charge in [-0.05, 0) is 0 Å². The third-order valence-electron chi connectivity index (χ3n) is 1.44. The lowest BCUT2D eigenvalue weighted by Gasteiger charge is -1.99. The molecule has 0 aliphatic heterocycles. The van der Waals surface area contributed by atoms with Gasteiger partial charge in [0.1, 0.15) is 18.2 Å². The SMILES string of the molecule is C=CNn1cnc2cncnc21. The minimum absolute atomic E-state index is 0.741. The van der Waals surface area contributed by atoms with E-state index in [1.54, 1.807) is 23.4 Å². The van der Waals surface area contributed by atoms with Gasteiger partial charge < -0.3 is 0 Å². The van der Waals surface area contributed by atoms with Crippen LogP contribution in [0.1, 0.15) is 0 Å². The van der Waals surface area contributed by atoms with Gasteiger partial charge in [-0.2, -0.15) is 0 Å². The van der Waals surface area contributed by atoms with E-state index in [1.165, 1.54) is 6.33 Å². The van der Waals surface area contributed by atoms with Crippen molar-refractivity contribution in [1.29, 1.82) is 0 Å². The minimum atomic E-state index is 0.741. The van der Waals surface area contributed by atoms with E-state index in [0.717, 1.165) is 11.2 Å². The molecule has 5 heteroatoms. The van der Waals surface area contributed by atoms with Crippen LogP contribution in [0.15, 0.2) is 31.6 Å². The van der Waals surface area contributed by atoms with Crippen molar-refractivity contribution < 1.29 is 0 Å². The lowest BCUT2D eigenvalue weighted by atomic mass is 10.6. The first-order chi connectivity index (χ1) is 5.92. The molecule has 0 aliphatic carbocycles. The molecule has 0 aromatic carbocycles. The summed E-state index contributed by atoms with van der Waals surface area (Å²) >= 11 is 0. The van der Waals surface area contributed by atoms with Crippen LogP contribution in [0, 0.1) is 0 Å². The zero-order valence-electron chi connectivity index (χ0n) is 6.31. The van der Waals surface area contributed by atoms with Gasteiger partial charge in [0, 0.05) is 6.20 Å². The number of rotatable bonds is 2. The van der Waals surface area contributed by atoms with Crippen molar-refractivity contribution in [3.05, 3.63) is 31.6 Å². The smallest absolute Gasteiger partial charge is 0.182 e. The van der Waals surface area contributed by atoms with E-state index in [-0.39, 0.29) is 0 Å². The molecule has 0 saturated carbocycles. The van der Waals surface area contributed by atoms with Crippen LogP contribution in [0.2, 0.25) is 0 Å². The lowest BCUT2D eigenvalue weighted by Crippen LogP contribution is -2.05. The molecule has 2 rings (SSSR count). The first-order valence-electron chi connectivity index (χ1n) is 3.42. The number of imidazole rings is 1. The molecular weight excluding hydrogens is 154 g/mol. The van der Waals surface area contributed by atoms with Gasteiger partial charge in [0.15, 0.2) is 5.65 Å². The Morgan fingerprint density at radius 1 is 1.50 bits per heavy atom. The van der Waals surface area contributed by atoms with E-state index in [4.69, 9.17) is 0 Å². The molecule has 0 aliphatic rings. The van der Waals surface area contributed by atoms with Crippen LogP contribution in [-0.4, -0.2) is 19.6 Å². The molecule has 0 spiro atoms. The molecular formula is C7H7N5. The van der Waals surface area contributed by atoms with Crippen molar-refractivity contribution in [2.45, 2.75) is 0 Å². The Morgan fingerprint density at radius 2 is 2.42 bits per heavy atom. The first-order valence-corrected chi connectivity index (χ1v) is 3.42. The lowest BCUT2D eigenvalue weighted by molar-refractivity contribution is 0.964. The van der Waals surface area contributed by atoms with Crippen LogP contribution in [-0.2, 0) is 0 Å². The van der Waals surface area contributed by atoms with Gasteiger partial charge in [0.25, 0.3) is 0 Å². The van der Waals surface area contributed by atoms with Crippen molar-refractivity contribution in [2.75, 3.05) is 5.43 Å². The summed E-state index contributed by atoms with van der Waals surface area (Å²) in [5, 5.41) is 0. The minimum Gasteiger partial charge on any atom is -0.299 e. The molecule has 0 atom stereocenters. The van der Waals surface area contributed by atoms with Gasteiger partial charge in [-0.3, -0.25) is 5.43 Å². The standard InChI is InChI=1S/C7H7N5/c1-2-11-12-5-10-6-3-8-4-9-7(6)12/h2-5,11H,1H2. The Labute approximate surface area is 68.8 Å². The van der Waals surface area contributed by atoms with Crippen molar-refractivity contribution in [3.8, 4) is 0 Å². The zero-order chi connectivity index (χ0) is 8.39. The second-order valence-corrected chi connectivity index (χ2v) is 2.18. The van der Waals surface area contributed by atoms with Crippen molar-refractivity contribution in [3.63, 3.8) is 0 Å². The summed E-state index contributed by atoms with van der Waals surface area (Å²) in [5.74, 6) is 0. The number of nitrogens with zero attached hydrogens (tertiary/aromatic N) is 4. The van der Waals surface area contributed by atoms with Gasteiger partial charge >= 0.3 is 0 Å². The van der Waals surface area contributed by atoms with Gasteiger partial charge in [-0.1, -0.05) is 6.58 Å². The van der Waals surface area contributed by atoms with Gasteiger partial charge in [-0.15, -0.1) is 0 Å². The quantitative estimate of drug-likeness (QED) is 0.697. The van der Waals surface area contributed by atoms with Crippen LogP contribution in [0.4, 0.5) is 0 Å². The van der Waals surface area contributed by atoms with Crippen LogP contribution < -0.4 is 5.43 Å². The molecule has 2 aromatic heterocycles. The third kappa shape index (κ3) is 0.914.